The van der Waals surface area contributed by atoms with Crippen molar-refractivity contribution < 1.29 is 24.7 Å². The average molecular weight is 529 g/mol. The summed E-state index contributed by atoms with van der Waals surface area (Å²) >= 11 is 0. The Labute approximate surface area is 258 Å². The molecule has 188 valence electrons. The van der Waals surface area contributed by atoms with Gasteiger partial charge >= 0.3 is 0 Å². The highest BCUT2D eigenvalue weighted by atomic mass is 15.1. The highest BCUT2D eigenvalue weighted by Gasteiger charge is 2.18. The van der Waals surface area contributed by atoms with Gasteiger partial charge in [0.2, 0.25) is 0 Å². The van der Waals surface area contributed by atoms with E-state index in [1.165, 1.54) is 22.8 Å². The third-order valence-electron chi connectivity index (χ3n) is 6.89. The fraction of sp³-hybridized carbons (Fsp3) is 0.0263. The lowest BCUT2D eigenvalue weighted by molar-refractivity contribution is 1.00. The molecule has 2 nitrogen and oxygen atoms in total. The molecule has 1 aromatic heterocycles. The maximum Gasteiger partial charge on any atom is 0.111 e. The quantitative estimate of drug-likeness (QED) is 0.209. The molecule has 0 bridgehead atoms. The van der Waals surface area contributed by atoms with Gasteiger partial charge in [-0.05, 0) is 85.7 Å². The second kappa shape index (κ2) is 8.93. The lowest BCUT2D eigenvalue weighted by atomic mass is 9.84. The molecule has 0 amide bonds. The summed E-state index contributed by atoms with van der Waals surface area (Å²) in [6.45, 7) is -2.70. The first-order chi connectivity index (χ1) is 27.2. The minimum Gasteiger partial charge on any atom is -0.297 e. The summed E-state index contributed by atoms with van der Waals surface area (Å²) in [6.07, 6.45) is 0. The van der Waals surface area contributed by atoms with E-state index in [9.17, 15) is 6.85 Å². The van der Waals surface area contributed by atoms with Crippen LogP contribution in [0.25, 0.3) is 71.3 Å². The number of imidazole rings is 1. The minimum atomic E-state index is -2.70. The number of rotatable bonds is 3. The maximum atomic E-state index is 9.31. The van der Waals surface area contributed by atoms with Crippen molar-refractivity contribution >= 4 is 43.4 Å². The Morgan fingerprint density at radius 1 is 0.625 bits per heavy atom. The van der Waals surface area contributed by atoms with Gasteiger partial charge in [-0.3, -0.25) is 4.57 Å². The Morgan fingerprint density at radius 3 is 2.02 bits per heavy atom. The van der Waals surface area contributed by atoms with Gasteiger partial charge in [0.1, 0.15) is 5.82 Å². The van der Waals surface area contributed by atoms with E-state index in [0.29, 0.717) is 11.0 Å². The van der Waals surface area contributed by atoms with Gasteiger partial charge in [-0.2, -0.15) is 0 Å². The zero-order chi connectivity index (χ0) is 42.2. The zero-order valence-electron chi connectivity index (χ0n) is 38.5. The molecule has 0 N–H and O–H groups in total. The van der Waals surface area contributed by atoms with Crippen molar-refractivity contribution in [1.82, 2.24) is 9.55 Å². The Hall–Kier alpha value is -5.21. The molecular formula is C38H26N2. The molecule has 0 aliphatic heterocycles. The molecule has 0 atom stereocenters. The molecule has 0 saturated carbocycles. The number of hydrogen-bond donors (Lipinski definition) is 0. The first-order valence-corrected chi connectivity index (χ1v) is 12.3. The van der Waals surface area contributed by atoms with E-state index in [0.717, 1.165) is 0 Å². The normalized spacial score (nSPS) is 18.3. The second-order valence-corrected chi connectivity index (χ2v) is 9.06. The number of aryl methyl sites for hydroxylation is 1. The minimum absolute atomic E-state index is 0.115. The lowest BCUT2D eigenvalue weighted by Crippen LogP contribution is -1.97. The first-order valence-electron chi connectivity index (χ1n) is 21.3. The molecule has 0 radical (unpaired) electrons. The van der Waals surface area contributed by atoms with Crippen LogP contribution >= 0.6 is 0 Å². The van der Waals surface area contributed by atoms with Crippen LogP contribution in [0.3, 0.4) is 0 Å². The number of hydrogen-bond acceptors (Lipinski definition) is 1. The monoisotopic (exact) mass is 528 g/mol. The van der Waals surface area contributed by atoms with Crippen molar-refractivity contribution in [3.05, 3.63) is 145 Å². The van der Waals surface area contributed by atoms with Gasteiger partial charge in [-0.15, -0.1) is 0 Å². The SMILES string of the molecule is [2H]c1c([2H])c([2H])c2c(-c3c4c([2H])c([2H])c([2H])c([2H])c4c(-c4cccc(-n5c(C([2H])([2H])[2H])nc6ccccc65)c4)c4c([2H])c([2H])c([2H])c([2H])c34)c([2H])c([2H])c([2H])c2c1[2H]. The zero-order valence-corrected chi connectivity index (χ0v) is 20.5. The fourth-order valence-corrected chi connectivity index (χ4v) is 5.25. The third kappa shape index (κ3) is 3.40. The van der Waals surface area contributed by atoms with E-state index in [1.807, 2.05) is 0 Å². The van der Waals surface area contributed by atoms with Gasteiger partial charge in [0.15, 0.2) is 0 Å². The Kier molecular flexibility index (Phi) is 2.48. The van der Waals surface area contributed by atoms with Crippen LogP contribution in [-0.4, -0.2) is 9.55 Å². The van der Waals surface area contributed by atoms with Crippen molar-refractivity contribution in [2.24, 2.45) is 0 Å². The van der Waals surface area contributed by atoms with Gasteiger partial charge in [-0.1, -0.05) is 115 Å². The van der Waals surface area contributed by atoms with Crippen LogP contribution in [-0.2, 0) is 0 Å². The number of nitrogens with zero attached hydrogens (tertiary/aromatic N) is 2. The molecule has 0 fully saturated rings. The van der Waals surface area contributed by atoms with Crippen molar-refractivity contribution in [3.63, 3.8) is 0 Å². The standard InChI is InChI=1S/C38H26N2/c1-25-39-35-22-8-9-23-36(35)40(25)28-15-10-14-27(24-28)37-31-17-4-6-19-33(31)38(34-20-7-5-18-32(34)37)30-21-11-13-26-12-2-3-16-29(26)30/h2-24H,1H3/i1D3,2D,3D,4D,5D,6D,7D,11D,12D,13D,16D,17D,18D,19D,20D,21D. The van der Waals surface area contributed by atoms with Gasteiger partial charge in [0, 0.05) is 9.80 Å². The molecule has 0 spiro atoms. The lowest BCUT2D eigenvalue weighted by Gasteiger charge is -2.19. The Bertz CT molecular complexity index is 3080. The summed E-state index contributed by atoms with van der Waals surface area (Å²) in [7, 11) is 0. The molecule has 7 aromatic carbocycles. The van der Waals surface area contributed by atoms with Crippen LogP contribution in [0, 0.1) is 6.85 Å². The van der Waals surface area contributed by atoms with Crippen molar-refractivity contribution in [3.8, 4) is 27.9 Å². The molecule has 0 saturated heterocycles. The summed E-state index contributed by atoms with van der Waals surface area (Å²) < 4.78 is 160. The van der Waals surface area contributed by atoms with Crippen molar-refractivity contribution in [2.75, 3.05) is 0 Å². The molecule has 8 rings (SSSR count). The molecule has 0 unspecified atom stereocenters. The van der Waals surface area contributed by atoms with Crippen LogP contribution in [0.4, 0.5) is 0 Å². The Morgan fingerprint density at radius 2 is 1.27 bits per heavy atom. The molecule has 0 aliphatic rings. The first kappa shape index (κ1) is 11.1. The molecular weight excluding hydrogens is 484 g/mol. The van der Waals surface area contributed by atoms with E-state index in [2.05, 4.69) is 4.98 Å². The largest absolute Gasteiger partial charge is 0.297 e. The average Bonchev–Trinajstić information content (AvgIpc) is 3.61. The number of benzene rings is 7. The second-order valence-electron chi connectivity index (χ2n) is 9.06. The van der Waals surface area contributed by atoms with Crippen LogP contribution in [0.15, 0.2) is 139 Å². The van der Waals surface area contributed by atoms with Gasteiger partial charge < -0.3 is 0 Å². The molecule has 2 heteroatoms. The summed E-state index contributed by atoms with van der Waals surface area (Å²) in [5.41, 5.74) is 0.113. The maximum absolute atomic E-state index is 9.31. The summed E-state index contributed by atoms with van der Waals surface area (Å²) in [4.78, 5) is 4.37. The van der Waals surface area contributed by atoms with Crippen LogP contribution in [0.2, 0.25) is 0 Å². The highest BCUT2D eigenvalue weighted by molar-refractivity contribution is 6.23. The van der Waals surface area contributed by atoms with Crippen LogP contribution in [0.5, 0.6) is 0 Å². The van der Waals surface area contributed by atoms with E-state index in [1.54, 1.807) is 30.3 Å². The van der Waals surface area contributed by atoms with E-state index in [-0.39, 0.29) is 44.2 Å². The van der Waals surface area contributed by atoms with E-state index >= 15 is 0 Å². The number of para-hydroxylation sites is 2. The molecule has 0 aliphatic carbocycles. The van der Waals surface area contributed by atoms with Crippen molar-refractivity contribution in [2.45, 2.75) is 6.85 Å². The van der Waals surface area contributed by atoms with Gasteiger partial charge in [0.05, 0.1) is 31.6 Å². The van der Waals surface area contributed by atoms with E-state index in [4.69, 9.17) is 17.8 Å². The predicted molar refractivity (Wildman–Crippen MR) is 169 cm³/mol. The van der Waals surface area contributed by atoms with E-state index < -0.39 is 119 Å². The highest BCUT2D eigenvalue weighted by Crippen LogP contribution is 2.45. The predicted octanol–water partition coefficient (Wildman–Crippen LogP) is 10.1. The topological polar surface area (TPSA) is 17.8 Å². The number of aromatic nitrogens is 2. The molecule has 40 heavy (non-hydrogen) atoms. The molecule has 1 heterocycles. The Balaban J connectivity index is 1.68. The fourth-order valence-electron chi connectivity index (χ4n) is 5.25. The van der Waals surface area contributed by atoms with Crippen LogP contribution in [0.1, 0.15) is 30.5 Å². The smallest absolute Gasteiger partial charge is 0.111 e. The third-order valence-corrected chi connectivity index (χ3v) is 6.89. The molecule has 8 aromatic rings. The van der Waals surface area contributed by atoms with Crippen molar-refractivity contribution in [1.29, 1.82) is 0 Å². The van der Waals surface area contributed by atoms with Gasteiger partial charge in [0.25, 0.3) is 0 Å². The summed E-state index contributed by atoms with van der Waals surface area (Å²) in [5, 5.41) is -2.30. The van der Waals surface area contributed by atoms with Gasteiger partial charge in [-0.25, -0.2) is 4.98 Å². The number of fused-ring (bicyclic) bond motifs is 4. The summed E-state index contributed by atoms with van der Waals surface area (Å²) in [6, 6.07) is 1.77. The van der Waals surface area contributed by atoms with Crippen LogP contribution < -0.4 is 0 Å². The summed E-state index contributed by atoms with van der Waals surface area (Å²) in [5.74, 6) is -0.289.